The smallest absolute Gasteiger partial charge is 0.252 e. The predicted octanol–water partition coefficient (Wildman–Crippen LogP) is 2.97. The van der Waals surface area contributed by atoms with Crippen LogP contribution in [-0.2, 0) is 0 Å². The highest BCUT2D eigenvalue weighted by molar-refractivity contribution is 6.06. The fourth-order valence-electron chi connectivity index (χ4n) is 2.17. The van der Waals surface area contributed by atoms with Gasteiger partial charge in [0.05, 0.1) is 23.6 Å². The number of rotatable bonds is 4. The molecule has 0 saturated carbocycles. The maximum absolute atomic E-state index is 12.4. The van der Waals surface area contributed by atoms with E-state index in [1.54, 1.807) is 6.07 Å². The third-order valence-electron chi connectivity index (χ3n) is 3.25. The Labute approximate surface area is 118 Å². The van der Waals surface area contributed by atoms with Crippen molar-refractivity contribution in [2.45, 2.75) is 32.7 Å². The molecule has 1 N–H and O–H groups in total. The minimum Gasteiger partial charge on any atom is -0.348 e. The first-order valence-corrected chi connectivity index (χ1v) is 6.70. The number of hydrogen-bond donors (Lipinski definition) is 1. The van der Waals surface area contributed by atoms with Gasteiger partial charge in [0.15, 0.2) is 0 Å². The fraction of sp³-hybridized carbons (Fsp3) is 0.312. The van der Waals surface area contributed by atoms with Crippen LogP contribution in [0, 0.1) is 18.3 Å². The van der Waals surface area contributed by atoms with Crippen molar-refractivity contribution in [1.82, 2.24) is 10.3 Å². The molecule has 0 saturated heterocycles. The SMILES string of the molecule is CCC(CC#N)NC(=O)c1cc(C)nc2ccccc12. The molecule has 0 aliphatic heterocycles. The number of nitrogens with zero attached hydrogens (tertiary/aromatic N) is 2. The lowest BCUT2D eigenvalue weighted by Crippen LogP contribution is -2.34. The van der Waals surface area contributed by atoms with Crippen LogP contribution in [0.15, 0.2) is 30.3 Å². The molecule has 1 unspecified atom stereocenters. The highest BCUT2D eigenvalue weighted by Crippen LogP contribution is 2.18. The van der Waals surface area contributed by atoms with E-state index in [-0.39, 0.29) is 11.9 Å². The van der Waals surface area contributed by atoms with Gasteiger partial charge in [-0.2, -0.15) is 5.26 Å². The van der Waals surface area contributed by atoms with Crippen LogP contribution >= 0.6 is 0 Å². The molecule has 2 aromatic rings. The van der Waals surface area contributed by atoms with Crippen molar-refractivity contribution in [2.24, 2.45) is 0 Å². The zero-order chi connectivity index (χ0) is 14.5. The highest BCUT2D eigenvalue weighted by atomic mass is 16.1. The Morgan fingerprint density at radius 3 is 2.90 bits per heavy atom. The van der Waals surface area contributed by atoms with Gasteiger partial charge in [-0.3, -0.25) is 9.78 Å². The van der Waals surface area contributed by atoms with Gasteiger partial charge < -0.3 is 5.32 Å². The molecule has 1 aromatic carbocycles. The molecule has 0 radical (unpaired) electrons. The van der Waals surface area contributed by atoms with Gasteiger partial charge in [-0.25, -0.2) is 0 Å². The lowest BCUT2D eigenvalue weighted by molar-refractivity contribution is 0.0938. The second kappa shape index (κ2) is 6.16. The Balaban J connectivity index is 2.37. The zero-order valence-corrected chi connectivity index (χ0v) is 11.7. The summed E-state index contributed by atoms with van der Waals surface area (Å²) >= 11 is 0. The van der Waals surface area contributed by atoms with E-state index >= 15 is 0 Å². The third kappa shape index (κ3) is 2.94. The summed E-state index contributed by atoms with van der Waals surface area (Å²) in [5.41, 5.74) is 2.23. The molecule has 2 rings (SSSR count). The molecule has 1 aromatic heterocycles. The van der Waals surface area contributed by atoms with Crippen molar-refractivity contribution in [3.8, 4) is 6.07 Å². The van der Waals surface area contributed by atoms with Gasteiger partial charge in [0.1, 0.15) is 0 Å². The maximum Gasteiger partial charge on any atom is 0.252 e. The Bertz CT molecular complexity index is 673. The summed E-state index contributed by atoms with van der Waals surface area (Å²) in [6.07, 6.45) is 1.06. The van der Waals surface area contributed by atoms with Crippen molar-refractivity contribution in [2.75, 3.05) is 0 Å². The third-order valence-corrected chi connectivity index (χ3v) is 3.25. The molecular weight excluding hydrogens is 250 g/mol. The lowest BCUT2D eigenvalue weighted by atomic mass is 10.1. The molecular formula is C16H17N3O. The first-order chi connectivity index (χ1) is 9.65. The van der Waals surface area contributed by atoms with Gasteiger partial charge in [-0.15, -0.1) is 0 Å². The normalized spacial score (nSPS) is 11.8. The maximum atomic E-state index is 12.4. The summed E-state index contributed by atoms with van der Waals surface area (Å²) in [5.74, 6) is -0.145. The van der Waals surface area contributed by atoms with E-state index in [2.05, 4.69) is 16.4 Å². The van der Waals surface area contributed by atoms with E-state index in [1.807, 2.05) is 38.1 Å². The largest absolute Gasteiger partial charge is 0.348 e. The highest BCUT2D eigenvalue weighted by Gasteiger charge is 2.15. The van der Waals surface area contributed by atoms with Gasteiger partial charge in [-0.1, -0.05) is 25.1 Å². The number of pyridine rings is 1. The van der Waals surface area contributed by atoms with Crippen LogP contribution in [0.3, 0.4) is 0 Å². The van der Waals surface area contributed by atoms with Crippen LogP contribution in [0.5, 0.6) is 0 Å². The van der Waals surface area contributed by atoms with E-state index in [9.17, 15) is 4.79 Å². The predicted molar refractivity (Wildman–Crippen MR) is 78.3 cm³/mol. The summed E-state index contributed by atoms with van der Waals surface area (Å²) in [4.78, 5) is 16.8. The summed E-state index contributed by atoms with van der Waals surface area (Å²) in [5, 5.41) is 12.5. The van der Waals surface area contributed by atoms with Crippen molar-refractivity contribution >= 4 is 16.8 Å². The molecule has 0 aliphatic rings. The number of amides is 1. The minimum absolute atomic E-state index is 0.111. The molecule has 1 heterocycles. The fourth-order valence-corrected chi connectivity index (χ4v) is 2.17. The van der Waals surface area contributed by atoms with Crippen molar-refractivity contribution in [1.29, 1.82) is 5.26 Å². The summed E-state index contributed by atoms with van der Waals surface area (Å²) in [6.45, 7) is 3.83. The number of nitriles is 1. The molecule has 4 heteroatoms. The number of fused-ring (bicyclic) bond motifs is 1. The van der Waals surface area contributed by atoms with Gasteiger partial charge in [0.25, 0.3) is 5.91 Å². The number of para-hydroxylation sites is 1. The second-order valence-corrected chi connectivity index (χ2v) is 4.77. The Kier molecular flexibility index (Phi) is 4.31. The lowest BCUT2D eigenvalue weighted by Gasteiger charge is -2.15. The van der Waals surface area contributed by atoms with Crippen LogP contribution < -0.4 is 5.32 Å². The van der Waals surface area contributed by atoms with Crippen LogP contribution in [0.1, 0.15) is 35.8 Å². The van der Waals surface area contributed by atoms with Crippen molar-refractivity contribution in [3.63, 3.8) is 0 Å². The summed E-state index contributed by atoms with van der Waals surface area (Å²) in [7, 11) is 0. The molecule has 1 amide bonds. The summed E-state index contributed by atoms with van der Waals surface area (Å²) < 4.78 is 0. The number of nitrogens with one attached hydrogen (secondary N) is 1. The molecule has 0 spiro atoms. The number of aryl methyl sites for hydroxylation is 1. The van der Waals surface area contributed by atoms with Crippen LogP contribution in [0.2, 0.25) is 0 Å². The Morgan fingerprint density at radius 1 is 1.45 bits per heavy atom. The van der Waals surface area contributed by atoms with Crippen molar-refractivity contribution in [3.05, 3.63) is 41.6 Å². The van der Waals surface area contributed by atoms with Crippen LogP contribution in [0.25, 0.3) is 10.9 Å². The molecule has 0 fully saturated rings. The van der Waals surface area contributed by atoms with E-state index in [1.165, 1.54) is 0 Å². The molecule has 0 aliphatic carbocycles. The zero-order valence-electron chi connectivity index (χ0n) is 11.7. The average Bonchev–Trinajstić information content (AvgIpc) is 2.45. The summed E-state index contributed by atoms with van der Waals surface area (Å²) in [6, 6.07) is 11.4. The Hall–Kier alpha value is -2.41. The average molecular weight is 267 g/mol. The monoisotopic (exact) mass is 267 g/mol. The van der Waals surface area contributed by atoms with Crippen LogP contribution in [-0.4, -0.2) is 16.9 Å². The van der Waals surface area contributed by atoms with Gasteiger partial charge in [0, 0.05) is 17.1 Å². The number of benzene rings is 1. The van der Waals surface area contributed by atoms with E-state index in [4.69, 9.17) is 5.26 Å². The van der Waals surface area contributed by atoms with E-state index in [0.29, 0.717) is 12.0 Å². The molecule has 1 atom stereocenters. The first-order valence-electron chi connectivity index (χ1n) is 6.70. The first kappa shape index (κ1) is 14.0. The van der Waals surface area contributed by atoms with Gasteiger partial charge in [-0.05, 0) is 25.5 Å². The number of hydrogen-bond acceptors (Lipinski definition) is 3. The van der Waals surface area contributed by atoms with E-state index < -0.39 is 0 Å². The quantitative estimate of drug-likeness (QED) is 0.926. The molecule has 102 valence electrons. The van der Waals surface area contributed by atoms with Gasteiger partial charge >= 0.3 is 0 Å². The molecule has 20 heavy (non-hydrogen) atoms. The van der Waals surface area contributed by atoms with Crippen molar-refractivity contribution < 1.29 is 4.79 Å². The number of carbonyl (C=O) groups is 1. The Morgan fingerprint density at radius 2 is 2.20 bits per heavy atom. The number of carbonyl (C=O) groups excluding carboxylic acids is 1. The minimum atomic E-state index is -0.145. The van der Waals surface area contributed by atoms with E-state index in [0.717, 1.165) is 23.0 Å². The molecule has 4 nitrogen and oxygen atoms in total. The molecule has 0 bridgehead atoms. The van der Waals surface area contributed by atoms with Crippen LogP contribution in [0.4, 0.5) is 0 Å². The van der Waals surface area contributed by atoms with Gasteiger partial charge in [0.2, 0.25) is 0 Å². The topological polar surface area (TPSA) is 65.8 Å². The second-order valence-electron chi connectivity index (χ2n) is 4.77. The number of aromatic nitrogens is 1. The standard InChI is InChI=1S/C16H17N3O/c1-3-12(8-9-17)19-16(20)14-10-11(2)18-15-7-5-4-6-13(14)15/h4-7,10,12H,3,8H2,1-2H3,(H,19,20).